The van der Waals surface area contributed by atoms with E-state index in [1.807, 2.05) is 18.2 Å². The van der Waals surface area contributed by atoms with Crippen molar-refractivity contribution in [3.05, 3.63) is 58.5 Å². The number of benzene rings is 1. The highest BCUT2D eigenvalue weighted by atomic mass is 35.5. The van der Waals surface area contributed by atoms with Crippen LogP contribution in [0, 0.1) is 13.8 Å². The van der Waals surface area contributed by atoms with Crippen LogP contribution in [-0.4, -0.2) is 28.4 Å². The predicted octanol–water partition coefficient (Wildman–Crippen LogP) is 2.73. The Balaban J connectivity index is 1.79. The van der Waals surface area contributed by atoms with Gasteiger partial charge in [0, 0.05) is 17.3 Å². The lowest BCUT2D eigenvalue weighted by atomic mass is 10.2. The molecule has 0 bridgehead atoms. The van der Waals surface area contributed by atoms with Crippen LogP contribution in [0.5, 0.6) is 0 Å². The SMILES string of the molecule is Cc1n[nH]c(C)c1S(=O)(=O)Nc1ccn(Cc2cccc(Cl)c2)n1. The molecule has 0 radical (unpaired) electrons. The van der Waals surface area contributed by atoms with Crippen LogP contribution in [0.2, 0.25) is 5.02 Å². The van der Waals surface area contributed by atoms with E-state index in [1.165, 1.54) is 0 Å². The number of hydrogen-bond acceptors (Lipinski definition) is 4. The average Bonchev–Trinajstić information content (AvgIpc) is 3.05. The van der Waals surface area contributed by atoms with E-state index in [1.54, 1.807) is 36.9 Å². The number of nitrogens with one attached hydrogen (secondary N) is 2. The van der Waals surface area contributed by atoms with E-state index in [0.717, 1.165) is 5.56 Å². The summed E-state index contributed by atoms with van der Waals surface area (Å²) in [7, 11) is -3.74. The van der Waals surface area contributed by atoms with Gasteiger partial charge in [-0.2, -0.15) is 10.2 Å². The van der Waals surface area contributed by atoms with Crippen molar-refractivity contribution < 1.29 is 8.42 Å². The first-order chi connectivity index (χ1) is 11.3. The van der Waals surface area contributed by atoms with Gasteiger partial charge in [0.2, 0.25) is 0 Å². The van der Waals surface area contributed by atoms with Gasteiger partial charge in [0.15, 0.2) is 5.82 Å². The monoisotopic (exact) mass is 365 g/mol. The van der Waals surface area contributed by atoms with Gasteiger partial charge in [-0.05, 0) is 31.5 Å². The Morgan fingerprint density at radius 3 is 2.75 bits per heavy atom. The number of nitrogens with zero attached hydrogens (tertiary/aromatic N) is 3. The van der Waals surface area contributed by atoms with E-state index in [9.17, 15) is 8.42 Å². The lowest BCUT2D eigenvalue weighted by Crippen LogP contribution is -2.15. The Kier molecular flexibility index (Phi) is 4.33. The first-order valence-electron chi connectivity index (χ1n) is 7.17. The molecule has 0 aliphatic rings. The molecule has 2 heterocycles. The van der Waals surface area contributed by atoms with Gasteiger partial charge in [-0.1, -0.05) is 23.7 Å². The standard InChI is InChI=1S/C15H16ClN5O2S/c1-10-15(11(2)18-17-10)24(22,23)20-14-6-7-21(19-14)9-12-4-3-5-13(16)8-12/h3-8H,9H2,1-2H3,(H,17,18)(H,19,20). The van der Waals surface area contributed by atoms with Crippen LogP contribution >= 0.6 is 11.6 Å². The van der Waals surface area contributed by atoms with Crippen LogP contribution in [0.1, 0.15) is 17.0 Å². The molecule has 0 aliphatic heterocycles. The summed E-state index contributed by atoms with van der Waals surface area (Å²) < 4.78 is 29.1. The fourth-order valence-electron chi connectivity index (χ4n) is 2.45. The first kappa shape index (κ1) is 16.5. The summed E-state index contributed by atoms with van der Waals surface area (Å²) in [5.41, 5.74) is 1.87. The summed E-state index contributed by atoms with van der Waals surface area (Å²) in [6.07, 6.45) is 1.70. The van der Waals surface area contributed by atoms with Gasteiger partial charge in [-0.15, -0.1) is 0 Å². The number of halogens is 1. The molecule has 9 heteroatoms. The largest absolute Gasteiger partial charge is 0.281 e. The fourth-order valence-corrected chi connectivity index (χ4v) is 4.03. The smallest absolute Gasteiger partial charge is 0.266 e. The lowest BCUT2D eigenvalue weighted by Gasteiger charge is -2.06. The number of anilines is 1. The Bertz CT molecular complexity index is 958. The minimum Gasteiger partial charge on any atom is -0.281 e. The van der Waals surface area contributed by atoms with Gasteiger partial charge in [-0.25, -0.2) is 8.42 Å². The third-order valence-electron chi connectivity index (χ3n) is 3.44. The molecule has 7 nitrogen and oxygen atoms in total. The Labute approximate surface area is 144 Å². The molecule has 24 heavy (non-hydrogen) atoms. The maximum Gasteiger partial charge on any atom is 0.266 e. The zero-order chi connectivity index (χ0) is 17.3. The summed E-state index contributed by atoms with van der Waals surface area (Å²) in [5, 5.41) is 11.5. The van der Waals surface area contributed by atoms with Crippen molar-refractivity contribution in [3.8, 4) is 0 Å². The number of aryl methyl sites for hydroxylation is 2. The Hall–Kier alpha value is -2.32. The van der Waals surface area contributed by atoms with Crippen LogP contribution in [0.25, 0.3) is 0 Å². The van der Waals surface area contributed by atoms with Gasteiger partial charge >= 0.3 is 0 Å². The summed E-state index contributed by atoms with van der Waals surface area (Å²) in [5.74, 6) is 0.247. The van der Waals surface area contributed by atoms with E-state index in [4.69, 9.17) is 11.6 Å². The van der Waals surface area contributed by atoms with E-state index >= 15 is 0 Å². The quantitative estimate of drug-likeness (QED) is 0.727. The molecule has 3 rings (SSSR count). The molecular weight excluding hydrogens is 350 g/mol. The average molecular weight is 366 g/mol. The molecule has 0 saturated heterocycles. The van der Waals surface area contributed by atoms with Crippen LogP contribution in [0.15, 0.2) is 41.4 Å². The van der Waals surface area contributed by atoms with Crippen molar-refractivity contribution in [2.45, 2.75) is 25.3 Å². The molecular formula is C15H16ClN5O2S. The number of aromatic nitrogens is 4. The van der Waals surface area contributed by atoms with Crippen molar-refractivity contribution in [2.75, 3.05) is 4.72 Å². The van der Waals surface area contributed by atoms with Crippen molar-refractivity contribution in [1.82, 2.24) is 20.0 Å². The number of hydrogen-bond donors (Lipinski definition) is 2. The van der Waals surface area contributed by atoms with Crippen LogP contribution in [0.3, 0.4) is 0 Å². The second kappa shape index (κ2) is 6.29. The molecule has 3 aromatic rings. The molecule has 0 amide bonds. The molecule has 2 N–H and O–H groups in total. The third-order valence-corrected chi connectivity index (χ3v) is 5.29. The van der Waals surface area contributed by atoms with Crippen LogP contribution in [-0.2, 0) is 16.6 Å². The number of H-pyrrole nitrogens is 1. The van der Waals surface area contributed by atoms with E-state index < -0.39 is 10.0 Å². The second-order valence-electron chi connectivity index (χ2n) is 5.40. The molecule has 0 atom stereocenters. The van der Waals surface area contributed by atoms with Gasteiger partial charge in [0.25, 0.3) is 10.0 Å². The minimum atomic E-state index is -3.74. The van der Waals surface area contributed by atoms with Gasteiger partial charge in [-0.3, -0.25) is 14.5 Å². The van der Waals surface area contributed by atoms with Gasteiger partial charge in [0.05, 0.1) is 17.9 Å². The topological polar surface area (TPSA) is 92.7 Å². The summed E-state index contributed by atoms with van der Waals surface area (Å²) >= 11 is 5.96. The van der Waals surface area contributed by atoms with Crippen LogP contribution in [0.4, 0.5) is 5.82 Å². The molecule has 2 aromatic heterocycles. The zero-order valence-corrected chi connectivity index (χ0v) is 14.7. The highest BCUT2D eigenvalue weighted by molar-refractivity contribution is 7.92. The fraction of sp³-hybridized carbons (Fsp3) is 0.200. The normalized spacial score (nSPS) is 11.6. The molecule has 0 unspecified atom stereocenters. The van der Waals surface area contributed by atoms with Crippen LogP contribution < -0.4 is 4.72 Å². The molecule has 1 aromatic carbocycles. The van der Waals surface area contributed by atoms with E-state index in [0.29, 0.717) is 23.0 Å². The molecule has 0 spiro atoms. The van der Waals surface area contributed by atoms with Crippen molar-refractivity contribution in [3.63, 3.8) is 0 Å². The number of sulfonamides is 1. The van der Waals surface area contributed by atoms with Crippen molar-refractivity contribution >= 4 is 27.4 Å². The van der Waals surface area contributed by atoms with E-state index in [-0.39, 0.29) is 10.7 Å². The number of rotatable bonds is 5. The third kappa shape index (κ3) is 3.44. The molecule has 0 saturated carbocycles. The van der Waals surface area contributed by atoms with E-state index in [2.05, 4.69) is 20.0 Å². The molecule has 0 aliphatic carbocycles. The predicted molar refractivity (Wildman–Crippen MR) is 91.7 cm³/mol. The lowest BCUT2D eigenvalue weighted by molar-refractivity contribution is 0.599. The maximum atomic E-state index is 12.5. The summed E-state index contributed by atoms with van der Waals surface area (Å²) in [6.45, 7) is 3.79. The van der Waals surface area contributed by atoms with Crippen molar-refractivity contribution in [1.29, 1.82) is 0 Å². The van der Waals surface area contributed by atoms with Gasteiger partial charge < -0.3 is 0 Å². The van der Waals surface area contributed by atoms with Crippen molar-refractivity contribution in [2.24, 2.45) is 0 Å². The minimum absolute atomic E-state index is 0.145. The zero-order valence-electron chi connectivity index (χ0n) is 13.1. The molecule has 126 valence electrons. The maximum absolute atomic E-state index is 12.5. The molecule has 0 fully saturated rings. The summed E-state index contributed by atoms with van der Waals surface area (Å²) in [4.78, 5) is 0.145. The highest BCUT2D eigenvalue weighted by Gasteiger charge is 2.23. The Morgan fingerprint density at radius 2 is 2.08 bits per heavy atom. The summed E-state index contributed by atoms with van der Waals surface area (Å²) in [6, 6.07) is 9.02. The number of aromatic amines is 1. The highest BCUT2D eigenvalue weighted by Crippen LogP contribution is 2.20. The first-order valence-corrected chi connectivity index (χ1v) is 9.03. The Morgan fingerprint density at radius 1 is 1.29 bits per heavy atom. The second-order valence-corrected chi connectivity index (χ2v) is 7.45. The van der Waals surface area contributed by atoms with Gasteiger partial charge in [0.1, 0.15) is 4.90 Å².